The summed E-state index contributed by atoms with van der Waals surface area (Å²) in [4.78, 5) is 12.2. The third kappa shape index (κ3) is 5.01. The number of hydrogen-bond acceptors (Lipinski definition) is 4. The summed E-state index contributed by atoms with van der Waals surface area (Å²) in [6.45, 7) is 4.77. The Morgan fingerprint density at radius 1 is 1.11 bits per heavy atom. The van der Waals surface area contributed by atoms with Gasteiger partial charge in [-0.15, -0.1) is 0 Å². The van der Waals surface area contributed by atoms with Gasteiger partial charge in [0.2, 0.25) is 0 Å². The normalized spacial score (nSPS) is 11.3. The number of benzene rings is 2. The lowest BCUT2D eigenvalue weighted by atomic mass is 10.1. The van der Waals surface area contributed by atoms with Crippen LogP contribution in [-0.4, -0.2) is 35.0 Å². The lowest BCUT2D eigenvalue weighted by molar-refractivity contribution is 0.0952. The molecule has 0 unspecified atom stereocenters. The van der Waals surface area contributed by atoms with Crippen molar-refractivity contribution in [1.29, 1.82) is 0 Å². The largest absolute Gasteiger partial charge is 0.495 e. The predicted octanol–water partition coefficient (Wildman–Crippen LogP) is 3.30. The van der Waals surface area contributed by atoms with Crippen molar-refractivity contribution in [3.63, 3.8) is 0 Å². The number of rotatable bonds is 8. The average molecular weight is 391 g/mol. The van der Waals surface area contributed by atoms with Crippen molar-refractivity contribution in [3.05, 3.63) is 54.1 Å². The minimum absolute atomic E-state index is 0.106. The number of nitrogens with one attached hydrogen (secondary N) is 1. The minimum atomic E-state index is -3.77. The van der Waals surface area contributed by atoms with Gasteiger partial charge in [-0.25, -0.2) is 8.42 Å². The molecule has 0 fully saturated rings. The van der Waals surface area contributed by atoms with Crippen molar-refractivity contribution in [2.75, 3.05) is 25.0 Å². The summed E-state index contributed by atoms with van der Waals surface area (Å²) in [7, 11) is -0.810. The molecule has 1 amide bonds. The molecule has 0 aliphatic rings. The number of methoxy groups -OCH3 is 1. The van der Waals surface area contributed by atoms with Gasteiger partial charge < -0.3 is 10.1 Å². The van der Waals surface area contributed by atoms with Crippen molar-refractivity contribution >= 4 is 21.6 Å². The molecule has 0 radical (unpaired) electrons. The molecule has 1 N–H and O–H groups in total. The lowest BCUT2D eigenvalue weighted by Gasteiger charge is -2.21. The Morgan fingerprint density at radius 2 is 1.74 bits per heavy atom. The Kier molecular flexibility index (Phi) is 6.85. The van der Waals surface area contributed by atoms with Gasteiger partial charge in [-0.2, -0.15) is 0 Å². The Labute approximate surface area is 161 Å². The van der Waals surface area contributed by atoms with Crippen LogP contribution < -0.4 is 14.4 Å². The third-order valence-corrected chi connectivity index (χ3v) is 5.99. The molecule has 2 aromatic rings. The molecular weight excluding hydrogens is 364 g/mol. The second-order valence-corrected chi connectivity index (χ2v) is 8.58. The Balaban J connectivity index is 2.18. The monoisotopic (exact) mass is 390 g/mol. The van der Waals surface area contributed by atoms with E-state index in [2.05, 4.69) is 19.2 Å². The van der Waals surface area contributed by atoms with Gasteiger partial charge in [0.1, 0.15) is 5.75 Å². The SMILES string of the molecule is COc1ccccc1N(C)S(=O)(=O)c1ccc(C(=O)NCCC(C)C)cc1. The first-order valence-electron chi connectivity index (χ1n) is 8.77. The number of para-hydroxylation sites is 2. The summed E-state index contributed by atoms with van der Waals surface area (Å²) >= 11 is 0. The van der Waals surface area contributed by atoms with E-state index in [4.69, 9.17) is 4.74 Å². The lowest BCUT2D eigenvalue weighted by Crippen LogP contribution is -2.27. The Bertz CT molecular complexity index is 877. The minimum Gasteiger partial charge on any atom is -0.495 e. The van der Waals surface area contributed by atoms with Gasteiger partial charge in [0.15, 0.2) is 0 Å². The van der Waals surface area contributed by atoms with Gasteiger partial charge >= 0.3 is 0 Å². The highest BCUT2D eigenvalue weighted by atomic mass is 32.2. The number of anilines is 1. The van der Waals surface area contributed by atoms with Gasteiger partial charge in [-0.3, -0.25) is 9.10 Å². The van der Waals surface area contributed by atoms with Crippen molar-refractivity contribution in [2.45, 2.75) is 25.2 Å². The molecule has 2 rings (SSSR count). The highest BCUT2D eigenvalue weighted by Gasteiger charge is 2.23. The second-order valence-electron chi connectivity index (χ2n) is 6.61. The maximum atomic E-state index is 12.9. The van der Waals surface area contributed by atoms with Crippen LogP contribution in [0.5, 0.6) is 5.75 Å². The zero-order valence-corrected chi connectivity index (χ0v) is 16.9. The molecule has 27 heavy (non-hydrogen) atoms. The third-order valence-electron chi connectivity index (χ3n) is 4.21. The molecule has 0 atom stereocenters. The fourth-order valence-electron chi connectivity index (χ4n) is 2.53. The molecule has 0 saturated carbocycles. The van der Waals surface area contributed by atoms with Crippen molar-refractivity contribution < 1.29 is 17.9 Å². The summed E-state index contributed by atoms with van der Waals surface area (Å²) < 4.78 is 32.2. The molecule has 0 spiro atoms. The maximum Gasteiger partial charge on any atom is 0.264 e. The molecule has 146 valence electrons. The summed E-state index contributed by atoms with van der Waals surface area (Å²) in [6.07, 6.45) is 0.891. The molecule has 0 aliphatic heterocycles. The summed E-state index contributed by atoms with van der Waals surface area (Å²) in [5.41, 5.74) is 0.869. The molecule has 0 aromatic heterocycles. The summed E-state index contributed by atoms with van der Waals surface area (Å²) in [5.74, 6) is 0.755. The first-order chi connectivity index (χ1) is 12.8. The number of carbonyl (C=O) groups is 1. The highest BCUT2D eigenvalue weighted by molar-refractivity contribution is 7.92. The molecule has 7 heteroatoms. The van der Waals surface area contributed by atoms with Crippen LogP contribution in [0.4, 0.5) is 5.69 Å². The van der Waals surface area contributed by atoms with E-state index in [1.54, 1.807) is 24.3 Å². The van der Waals surface area contributed by atoms with Crippen LogP contribution in [0, 0.1) is 5.92 Å². The van der Waals surface area contributed by atoms with Gasteiger partial charge in [-0.05, 0) is 48.7 Å². The van der Waals surface area contributed by atoms with Crippen LogP contribution in [0.1, 0.15) is 30.6 Å². The number of carbonyl (C=O) groups excluding carboxylic acids is 1. The van der Waals surface area contributed by atoms with E-state index in [-0.39, 0.29) is 10.8 Å². The van der Waals surface area contributed by atoms with Crippen LogP contribution >= 0.6 is 0 Å². The van der Waals surface area contributed by atoms with Crippen LogP contribution in [0.2, 0.25) is 0 Å². The van der Waals surface area contributed by atoms with E-state index in [0.29, 0.717) is 29.5 Å². The van der Waals surface area contributed by atoms with Crippen LogP contribution in [-0.2, 0) is 10.0 Å². The fourth-order valence-corrected chi connectivity index (χ4v) is 3.74. The van der Waals surface area contributed by atoms with Gasteiger partial charge in [0.05, 0.1) is 17.7 Å². The van der Waals surface area contributed by atoms with Crippen LogP contribution in [0.25, 0.3) is 0 Å². The van der Waals surface area contributed by atoms with E-state index in [1.807, 2.05) is 0 Å². The molecule has 0 aliphatic carbocycles. The van der Waals surface area contributed by atoms with E-state index in [9.17, 15) is 13.2 Å². The predicted molar refractivity (Wildman–Crippen MR) is 107 cm³/mol. The van der Waals surface area contributed by atoms with E-state index >= 15 is 0 Å². The van der Waals surface area contributed by atoms with Crippen molar-refractivity contribution in [2.24, 2.45) is 5.92 Å². The standard InChI is InChI=1S/C20H26N2O4S/c1-15(2)13-14-21-20(23)16-9-11-17(12-10-16)27(24,25)22(3)18-7-5-6-8-19(18)26-4/h5-12,15H,13-14H2,1-4H3,(H,21,23). The summed E-state index contributed by atoms with van der Waals surface area (Å²) in [6, 6.07) is 12.8. The molecule has 0 bridgehead atoms. The number of sulfonamides is 1. The smallest absolute Gasteiger partial charge is 0.264 e. The molecule has 0 saturated heterocycles. The molecule has 2 aromatic carbocycles. The van der Waals surface area contributed by atoms with Gasteiger partial charge in [-0.1, -0.05) is 26.0 Å². The number of hydrogen-bond donors (Lipinski definition) is 1. The van der Waals surface area contributed by atoms with Crippen LogP contribution in [0.15, 0.2) is 53.4 Å². The quantitative estimate of drug-likeness (QED) is 0.750. The number of amides is 1. The number of nitrogens with zero attached hydrogens (tertiary/aromatic N) is 1. The van der Waals surface area contributed by atoms with Crippen molar-refractivity contribution in [3.8, 4) is 5.75 Å². The van der Waals surface area contributed by atoms with Crippen LogP contribution in [0.3, 0.4) is 0 Å². The highest BCUT2D eigenvalue weighted by Crippen LogP contribution is 2.30. The van der Waals surface area contributed by atoms with E-state index in [1.165, 1.54) is 42.7 Å². The molecular formula is C20H26N2O4S. The Morgan fingerprint density at radius 3 is 2.33 bits per heavy atom. The first-order valence-corrected chi connectivity index (χ1v) is 10.2. The van der Waals surface area contributed by atoms with E-state index < -0.39 is 10.0 Å². The van der Waals surface area contributed by atoms with Crippen molar-refractivity contribution in [1.82, 2.24) is 5.32 Å². The first kappa shape index (κ1) is 20.8. The fraction of sp³-hybridized carbons (Fsp3) is 0.350. The molecule has 0 heterocycles. The number of ether oxygens (including phenoxy) is 1. The average Bonchev–Trinajstić information content (AvgIpc) is 2.67. The van der Waals surface area contributed by atoms with Gasteiger partial charge in [0.25, 0.3) is 15.9 Å². The topological polar surface area (TPSA) is 75.7 Å². The summed E-state index contributed by atoms with van der Waals surface area (Å²) in [5, 5.41) is 2.84. The maximum absolute atomic E-state index is 12.9. The zero-order chi connectivity index (χ0) is 20.0. The Hall–Kier alpha value is -2.54. The molecule has 6 nitrogen and oxygen atoms in total. The van der Waals surface area contributed by atoms with Gasteiger partial charge in [0, 0.05) is 19.2 Å². The zero-order valence-electron chi connectivity index (χ0n) is 16.1. The second kappa shape index (κ2) is 8.90. The van der Waals surface area contributed by atoms with E-state index in [0.717, 1.165) is 6.42 Å².